The van der Waals surface area contributed by atoms with Crippen molar-refractivity contribution < 1.29 is 42.2 Å². The van der Waals surface area contributed by atoms with Crippen molar-refractivity contribution in [1.29, 1.82) is 0 Å². The molecule has 10 nitrogen and oxygen atoms in total. The second-order valence-corrected chi connectivity index (χ2v) is 8.71. The molecular formula is C16H11NO9S3. The third-order valence-electron chi connectivity index (χ3n) is 4.40. The van der Waals surface area contributed by atoms with E-state index in [9.17, 15) is 13.0 Å². The van der Waals surface area contributed by atoms with Crippen LogP contribution in [0.15, 0.2) is 51.1 Å². The first-order valence-electron chi connectivity index (χ1n) is 7.67. The maximum absolute atomic E-state index is 12.0. The Morgan fingerprint density at radius 3 is 1.83 bits per heavy atom. The summed E-state index contributed by atoms with van der Waals surface area (Å²) in [6.07, 6.45) is 0. The molecule has 13 heteroatoms. The lowest BCUT2D eigenvalue weighted by molar-refractivity contribution is -0.432. The molecule has 4 aromatic rings. The maximum atomic E-state index is 12.0. The zero-order chi connectivity index (χ0) is 20.8. The fraction of sp³-hybridized carbons (Fsp3) is 0. The van der Waals surface area contributed by atoms with Crippen LogP contribution < -0.4 is 5.73 Å². The molecule has 152 valence electrons. The van der Waals surface area contributed by atoms with E-state index in [0.29, 0.717) is 61.6 Å². The van der Waals surface area contributed by atoms with Gasteiger partial charge < -0.3 is 5.73 Å². The normalized spacial score (nSPS) is 12.5. The average Bonchev–Trinajstić information content (AvgIpc) is 2.69. The molecule has 0 aromatic heterocycles. The van der Waals surface area contributed by atoms with Crippen LogP contribution in [-0.2, 0) is 28.9 Å². The van der Waals surface area contributed by atoms with Crippen LogP contribution >= 0.6 is 24.1 Å². The van der Waals surface area contributed by atoms with Crippen LogP contribution in [0.1, 0.15) is 0 Å². The first-order chi connectivity index (χ1) is 13.9. The molecule has 0 saturated carbocycles. The van der Waals surface area contributed by atoms with Crippen molar-refractivity contribution in [1.82, 2.24) is 0 Å². The number of nitrogens with two attached hydrogens (primary N) is 1. The molecule has 5 N–H and O–H groups in total. The average molecular weight is 457 g/mol. The van der Waals surface area contributed by atoms with Crippen LogP contribution in [0, 0.1) is 0 Å². The highest BCUT2D eigenvalue weighted by atomic mass is 32.2. The van der Waals surface area contributed by atoms with E-state index in [4.69, 9.17) is 16.2 Å². The maximum Gasteiger partial charge on any atom is 0.295 e. The van der Waals surface area contributed by atoms with Gasteiger partial charge in [-0.3, -0.25) is 4.55 Å². The van der Waals surface area contributed by atoms with Gasteiger partial charge in [0.2, 0.25) is 0 Å². The molecule has 4 rings (SSSR count). The Hall–Kier alpha value is -1.91. The van der Waals surface area contributed by atoms with E-state index in [0.717, 1.165) is 0 Å². The molecule has 0 spiro atoms. The van der Waals surface area contributed by atoms with Gasteiger partial charge in [-0.2, -0.15) is 8.42 Å². The van der Waals surface area contributed by atoms with Gasteiger partial charge in [0, 0.05) is 37.0 Å². The Morgan fingerprint density at radius 2 is 1.28 bits per heavy atom. The summed E-state index contributed by atoms with van der Waals surface area (Å²) in [7, 11) is -4.60. The number of hydrogen-bond donors (Lipinski definition) is 4. The molecule has 0 heterocycles. The van der Waals surface area contributed by atoms with Crippen LogP contribution in [0.5, 0.6) is 0 Å². The Kier molecular flexibility index (Phi) is 5.43. The lowest BCUT2D eigenvalue weighted by Crippen LogP contribution is -2.02. The number of benzene rings is 4. The van der Waals surface area contributed by atoms with E-state index in [2.05, 4.69) is 18.7 Å². The number of rotatable bonds is 7. The molecule has 0 radical (unpaired) electrons. The highest BCUT2D eigenvalue weighted by molar-refractivity contribution is 7.95. The Bertz CT molecular complexity index is 1330. The Labute approximate surface area is 171 Å². The first kappa shape index (κ1) is 20.4. The van der Waals surface area contributed by atoms with Gasteiger partial charge in [0.25, 0.3) is 10.1 Å². The molecule has 0 fully saturated rings. The van der Waals surface area contributed by atoms with Gasteiger partial charge in [-0.05, 0) is 22.9 Å². The van der Waals surface area contributed by atoms with Crippen molar-refractivity contribution in [2.45, 2.75) is 14.7 Å². The van der Waals surface area contributed by atoms with Crippen LogP contribution in [0.25, 0.3) is 32.3 Å². The number of nitrogen functional groups attached to an aromatic ring is 1. The fourth-order valence-corrected chi connectivity index (χ4v) is 5.24. The summed E-state index contributed by atoms with van der Waals surface area (Å²) in [4.78, 5) is 0.412. The van der Waals surface area contributed by atoms with Crippen LogP contribution in [0.3, 0.4) is 0 Å². The quantitative estimate of drug-likeness (QED) is 0.0781. The summed E-state index contributed by atoms with van der Waals surface area (Å²) in [5.74, 6) is 0. The molecule has 0 saturated heterocycles. The van der Waals surface area contributed by atoms with Gasteiger partial charge in [-0.15, -0.1) is 8.67 Å². The van der Waals surface area contributed by atoms with Crippen molar-refractivity contribution in [2.24, 2.45) is 0 Å². The predicted molar refractivity (Wildman–Crippen MR) is 106 cm³/mol. The summed E-state index contributed by atoms with van der Waals surface area (Å²) in [5.41, 5.74) is 6.53. The first-order valence-corrected chi connectivity index (χ1v) is 10.6. The topological polar surface area (TPSA) is 158 Å². The van der Waals surface area contributed by atoms with Crippen molar-refractivity contribution in [3.8, 4) is 0 Å². The summed E-state index contributed by atoms with van der Waals surface area (Å²) in [6.45, 7) is 0. The highest BCUT2D eigenvalue weighted by Crippen LogP contribution is 2.45. The minimum absolute atomic E-state index is 0.260. The van der Waals surface area contributed by atoms with Crippen molar-refractivity contribution in [3.63, 3.8) is 0 Å². The lowest BCUT2D eigenvalue weighted by Gasteiger charge is -2.17. The molecular weight excluding hydrogens is 446 g/mol. The van der Waals surface area contributed by atoms with Gasteiger partial charge in [0.1, 0.15) is 4.90 Å². The molecule has 0 bridgehead atoms. The van der Waals surface area contributed by atoms with Gasteiger partial charge >= 0.3 is 0 Å². The van der Waals surface area contributed by atoms with E-state index in [-0.39, 0.29) is 15.2 Å². The summed E-state index contributed by atoms with van der Waals surface area (Å²) >= 11 is 1.28. The number of anilines is 1. The van der Waals surface area contributed by atoms with Crippen molar-refractivity contribution >= 4 is 72.2 Å². The molecule has 0 aliphatic carbocycles. The van der Waals surface area contributed by atoms with Crippen LogP contribution in [0.2, 0.25) is 0 Å². The third-order valence-corrected chi connectivity index (χ3v) is 6.59. The zero-order valence-corrected chi connectivity index (χ0v) is 16.5. The van der Waals surface area contributed by atoms with Gasteiger partial charge in [-0.25, -0.2) is 10.5 Å². The monoisotopic (exact) mass is 457 g/mol. The van der Waals surface area contributed by atoms with E-state index < -0.39 is 10.1 Å². The predicted octanol–water partition coefficient (Wildman–Crippen LogP) is 4.27. The standard InChI is InChI=1S/C16H11NO9S3/c17-11-5-12(27-25-23-18)8-2-3-9-13(28-26-24-19)6-14(29(20,21)22)10-4-1-7(11)15(8)16(9)10/h1-6,18-19H,17H2,(H,20,21,22). The molecule has 0 unspecified atom stereocenters. The second-order valence-electron chi connectivity index (χ2n) is 5.84. The molecule has 0 aliphatic heterocycles. The van der Waals surface area contributed by atoms with E-state index in [1.165, 1.54) is 6.07 Å². The zero-order valence-electron chi connectivity index (χ0n) is 14.1. The second kappa shape index (κ2) is 7.73. The Balaban J connectivity index is 2.19. The number of hydrogen-bond acceptors (Lipinski definition) is 11. The fourth-order valence-electron chi connectivity index (χ4n) is 3.38. The lowest BCUT2D eigenvalue weighted by atomic mass is 9.93. The van der Waals surface area contributed by atoms with Gasteiger partial charge in [-0.1, -0.05) is 34.3 Å². The van der Waals surface area contributed by atoms with E-state index in [1.54, 1.807) is 30.3 Å². The minimum atomic E-state index is -4.60. The van der Waals surface area contributed by atoms with Gasteiger partial charge in [0.05, 0.1) is 24.1 Å². The van der Waals surface area contributed by atoms with E-state index in [1.807, 2.05) is 0 Å². The smallest absolute Gasteiger partial charge is 0.295 e. The van der Waals surface area contributed by atoms with Gasteiger partial charge in [0.15, 0.2) is 0 Å². The summed E-state index contributed by atoms with van der Waals surface area (Å²) in [5, 5.41) is 27.4. The van der Waals surface area contributed by atoms with Crippen LogP contribution in [0.4, 0.5) is 5.69 Å². The minimum Gasteiger partial charge on any atom is -0.398 e. The van der Waals surface area contributed by atoms with E-state index >= 15 is 0 Å². The molecule has 0 atom stereocenters. The molecule has 0 amide bonds. The SMILES string of the molecule is Nc1cc(SOOO)c2ccc3c(SOOO)cc(S(=O)(=O)O)c4ccc1c2c34. The molecule has 29 heavy (non-hydrogen) atoms. The molecule has 4 aromatic carbocycles. The third kappa shape index (κ3) is 3.47. The highest BCUT2D eigenvalue weighted by Gasteiger charge is 2.23. The Morgan fingerprint density at radius 1 is 0.793 bits per heavy atom. The van der Waals surface area contributed by atoms with Crippen molar-refractivity contribution in [3.05, 3.63) is 36.4 Å². The molecule has 0 aliphatic rings. The largest absolute Gasteiger partial charge is 0.398 e. The summed E-state index contributed by atoms with van der Waals surface area (Å²) < 4.78 is 42.8. The van der Waals surface area contributed by atoms with Crippen LogP contribution in [-0.4, -0.2) is 23.5 Å². The van der Waals surface area contributed by atoms with Crippen molar-refractivity contribution in [2.75, 3.05) is 5.73 Å². The summed E-state index contributed by atoms with van der Waals surface area (Å²) in [6, 6.07) is 9.45.